The summed E-state index contributed by atoms with van der Waals surface area (Å²) in [4.78, 5) is 8.92. The topological polar surface area (TPSA) is 29.4 Å². The van der Waals surface area contributed by atoms with Gasteiger partial charge in [-0.15, -0.1) is 5.09 Å². The average molecular weight is 56.9 g/mol. The van der Waals surface area contributed by atoms with Crippen LogP contribution in [-0.2, 0) is 0 Å². The maximum atomic E-state index is 8.92. The van der Waals surface area contributed by atoms with Crippen LogP contribution in [0.3, 0.4) is 0 Å². The molecule has 0 spiro atoms. The molecule has 0 saturated heterocycles. The minimum absolute atomic E-state index is 0.389. The Bertz CT molecular complexity index is 22.0. The van der Waals surface area contributed by atoms with Gasteiger partial charge in [-0.1, -0.05) is 6.82 Å². The van der Waals surface area contributed by atoms with Crippen LogP contribution in [-0.4, -0.2) is 7.41 Å². The van der Waals surface area contributed by atoms with Crippen molar-refractivity contribution in [2.24, 2.45) is 5.09 Å². The first-order valence-electron chi connectivity index (χ1n) is 1.21. The van der Waals surface area contributed by atoms with Crippen LogP contribution >= 0.6 is 0 Å². The molecule has 0 N–H and O–H groups in total. The van der Waals surface area contributed by atoms with E-state index in [1.54, 1.807) is 6.82 Å². The Morgan fingerprint density at radius 1 is 2.00 bits per heavy atom. The highest BCUT2D eigenvalue weighted by Crippen LogP contribution is 1.47. The Hall–Kier alpha value is -0.335. The van der Waals surface area contributed by atoms with Crippen molar-refractivity contribution in [1.82, 2.24) is 0 Å². The minimum Gasteiger partial charge on any atom is -0.168 e. The Kier molecular flexibility index (Phi) is 2.44. The third-order valence-electron chi connectivity index (χ3n) is 0.129. The summed E-state index contributed by atoms with van der Waals surface area (Å²) >= 11 is 0. The molecule has 0 amide bonds. The first-order chi connectivity index (χ1) is 1.91. The Balaban J connectivity index is 2.30. The predicted molar refractivity (Wildman–Crippen MR) is 18.8 cm³/mol. The van der Waals surface area contributed by atoms with Crippen LogP contribution in [0.2, 0.25) is 6.82 Å². The second-order valence-electron chi connectivity index (χ2n) is 0.445. The maximum Gasteiger partial charge on any atom is 0.317 e. The van der Waals surface area contributed by atoms with Crippen molar-refractivity contribution < 1.29 is 0 Å². The third kappa shape index (κ3) is 1.66. The quantitative estimate of drug-likeness (QED) is 0.311. The molecule has 3 heteroatoms. The minimum atomic E-state index is 0.389. The highest BCUT2D eigenvalue weighted by Gasteiger charge is 1.60. The second-order valence-corrected chi connectivity index (χ2v) is 0.445. The molecule has 0 aromatic heterocycles. The van der Waals surface area contributed by atoms with E-state index in [2.05, 4.69) is 5.09 Å². The number of nitroso groups, excluding NO2 is 1. The van der Waals surface area contributed by atoms with Gasteiger partial charge in [0.1, 0.15) is 0 Å². The third-order valence-corrected chi connectivity index (χ3v) is 0.129. The molecule has 0 bridgehead atoms. The predicted octanol–water partition coefficient (Wildman–Crippen LogP) is 0.152. The molecule has 0 radical (unpaired) electrons. The van der Waals surface area contributed by atoms with Gasteiger partial charge in [0.05, 0.1) is 0 Å². The molecular weight excluding hydrogens is 52.8 g/mol. The molecule has 0 aromatic carbocycles. The van der Waals surface area contributed by atoms with Gasteiger partial charge in [-0.3, -0.25) is 0 Å². The number of nitrogens with zero attached hydrogens (tertiary/aromatic N) is 1. The smallest absolute Gasteiger partial charge is 0.168 e. The van der Waals surface area contributed by atoms with Crippen molar-refractivity contribution in [3.8, 4) is 0 Å². The van der Waals surface area contributed by atoms with E-state index < -0.39 is 0 Å². The summed E-state index contributed by atoms with van der Waals surface area (Å²) in [5, 5.41) is 2.49. The van der Waals surface area contributed by atoms with Crippen molar-refractivity contribution in [2.45, 2.75) is 6.82 Å². The van der Waals surface area contributed by atoms with Gasteiger partial charge >= 0.3 is 7.41 Å². The van der Waals surface area contributed by atoms with E-state index in [1.165, 1.54) is 0 Å². The number of rotatable bonds is 1. The van der Waals surface area contributed by atoms with Crippen molar-refractivity contribution in [1.29, 1.82) is 0 Å². The van der Waals surface area contributed by atoms with Gasteiger partial charge < -0.3 is 0 Å². The zero-order valence-electron chi connectivity index (χ0n) is 2.56. The highest BCUT2D eigenvalue weighted by molar-refractivity contribution is 6.30. The summed E-state index contributed by atoms with van der Waals surface area (Å²) in [5.41, 5.74) is 0. The van der Waals surface area contributed by atoms with Crippen molar-refractivity contribution in [3.05, 3.63) is 4.91 Å². The molecule has 0 unspecified atom stereocenters. The van der Waals surface area contributed by atoms with Gasteiger partial charge in [-0.25, -0.2) is 0 Å². The van der Waals surface area contributed by atoms with Crippen LogP contribution in [0, 0.1) is 4.91 Å². The molecule has 0 aliphatic heterocycles. The molecule has 0 atom stereocenters. The van der Waals surface area contributed by atoms with Gasteiger partial charge in [0.2, 0.25) is 0 Å². The Labute approximate surface area is 25.4 Å². The van der Waals surface area contributed by atoms with Crippen LogP contribution in [0.15, 0.2) is 5.09 Å². The molecule has 0 aromatic rings. The number of hydrogen-bond acceptors (Lipinski definition) is 2. The first kappa shape index (κ1) is 3.66. The Morgan fingerprint density at radius 2 is 2.25 bits per heavy atom. The molecule has 2 nitrogen and oxygen atoms in total. The molecule has 0 rings (SSSR count). The summed E-state index contributed by atoms with van der Waals surface area (Å²) in [6, 6.07) is 0. The second kappa shape index (κ2) is 2.66. The van der Waals surface area contributed by atoms with Gasteiger partial charge in [0, 0.05) is 0 Å². The fourth-order valence-electron chi connectivity index (χ4n) is 0. The van der Waals surface area contributed by atoms with Gasteiger partial charge in [-0.05, 0) is 0 Å². The van der Waals surface area contributed by atoms with E-state index in [0.29, 0.717) is 7.41 Å². The summed E-state index contributed by atoms with van der Waals surface area (Å²) in [7, 11) is 0.389. The normalized spacial score (nSPS) is 5.25. The lowest BCUT2D eigenvalue weighted by atomic mass is 10.0. The van der Waals surface area contributed by atoms with Crippen LogP contribution in [0.4, 0.5) is 0 Å². The molecule has 0 aliphatic rings. The van der Waals surface area contributed by atoms with E-state index >= 15 is 0 Å². The molecule has 0 saturated carbocycles. The van der Waals surface area contributed by atoms with Crippen molar-refractivity contribution >= 4 is 7.41 Å². The van der Waals surface area contributed by atoms with Crippen molar-refractivity contribution in [2.75, 3.05) is 0 Å². The molecular formula is CH4BNO. The van der Waals surface area contributed by atoms with Crippen LogP contribution in [0.25, 0.3) is 0 Å². The SMILES string of the molecule is CBN=O. The molecule has 0 heterocycles. The molecule has 0 fully saturated rings. The lowest BCUT2D eigenvalue weighted by Gasteiger charge is -1.47. The highest BCUT2D eigenvalue weighted by atomic mass is 16.2. The van der Waals surface area contributed by atoms with E-state index in [4.69, 9.17) is 4.91 Å². The average Bonchev–Trinajstić information content (AvgIpc) is 1.37. The lowest BCUT2D eigenvalue weighted by molar-refractivity contribution is 1.77. The zero-order valence-corrected chi connectivity index (χ0v) is 2.56. The van der Waals surface area contributed by atoms with Gasteiger partial charge in [0.15, 0.2) is 0 Å². The standard InChI is InChI=1S/CH4BNO/c1-2-3-4/h2H,1H3. The van der Waals surface area contributed by atoms with Gasteiger partial charge in [0.25, 0.3) is 0 Å². The van der Waals surface area contributed by atoms with Crippen LogP contribution in [0.1, 0.15) is 0 Å². The van der Waals surface area contributed by atoms with E-state index in [9.17, 15) is 0 Å². The molecule has 0 aliphatic carbocycles. The Morgan fingerprint density at radius 3 is 2.25 bits per heavy atom. The lowest BCUT2D eigenvalue weighted by Crippen LogP contribution is -1.60. The summed E-state index contributed by atoms with van der Waals surface area (Å²) in [5.74, 6) is 0. The summed E-state index contributed by atoms with van der Waals surface area (Å²) in [6.07, 6.45) is 0. The van der Waals surface area contributed by atoms with Gasteiger partial charge in [-0.2, -0.15) is 4.91 Å². The first-order valence-corrected chi connectivity index (χ1v) is 1.21. The number of hydrogen-bond donors (Lipinski definition) is 0. The monoisotopic (exact) mass is 57.0 g/mol. The van der Waals surface area contributed by atoms with E-state index in [-0.39, 0.29) is 0 Å². The maximum absolute atomic E-state index is 8.92. The molecule has 4 heavy (non-hydrogen) atoms. The van der Waals surface area contributed by atoms with E-state index in [1.807, 2.05) is 0 Å². The zero-order chi connectivity index (χ0) is 3.41. The van der Waals surface area contributed by atoms with E-state index in [0.717, 1.165) is 0 Å². The fourth-order valence-corrected chi connectivity index (χ4v) is 0. The summed E-state index contributed by atoms with van der Waals surface area (Å²) in [6.45, 7) is 1.70. The van der Waals surface area contributed by atoms with Crippen molar-refractivity contribution in [3.63, 3.8) is 0 Å². The fraction of sp³-hybridized carbons (Fsp3) is 1.00. The summed E-state index contributed by atoms with van der Waals surface area (Å²) < 4.78 is 0. The van der Waals surface area contributed by atoms with Crippen LogP contribution in [0.5, 0.6) is 0 Å². The van der Waals surface area contributed by atoms with Crippen LogP contribution < -0.4 is 0 Å². The largest absolute Gasteiger partial charge is 0.317 e. The molecule has 22 valence electrons.